The number of hydrogen-bond donors (Lipinski definition) is 3. The maximum Gasteiger partial charge on any atom is 0.407 e. The van der Waals surface area contributed by atoms with Crippen molar-refractivity contribution in [3.05, 3.63) is 0 Å². The van der Waals surface area contributed by atoms with Crippen molar-refractivity contribution in [2.24, 2.45) is 0 Å². The van der Waals surface area contributed by atoms with E-state index in [9.17, 15) is 19.5 Å². The summed E-state index contributed by atoms with van der Waals surface area (Å²) in [5.74, 6) is -1.19. The molecule has 0 spiro atoms. The molecule has 0 aliphatic carbocycles. The zero-order valence-electron chi connectivity index (χ0n) is 16.8. The quantitative estimate of drug-likeness (QED) is 0.397. The average Bonchev–Trinajstić information content (AvgIpc) is 2.49. The minimum atomic E-state index is -1.15. The first kappa shape index (κ1) is 24.2. The molecule has 0 radical (unpaired) electrons. The van der Waals surface area contributed by atoms with Crippen LogP contribution in [0, 0.1) is 0 Å². The summed E-state index contributed by atoms with van der Waals surface area (Å²) in [5.41, 5.74) is -0.636. The Labute approximate surface area is 156 Å². The van der Waals surface area contributed by atoms with Crippen molar-refractivity contribution in [3.8, 4) is 0 Å². The normalized spacial score (nSPS) is 14.7. The summed E-state index contributed by atoms with van der Waals surface area (Å²) in [4.78, 5) is 35.9. The molecule has 0 saturated carbocycles. The molecule has 3 N–H and O–H groups in total. The topological polar surface area (TPSA) is 114 Å². The van der Waals surface area contributed by atoms with E-state index in [1.807, 2.05) is 0 Å². The number of unbranched alkanes of at least 4 members (excludes halogenated alkanes) is 2. The van der Waals surface area contributed by atoms with Crippen LogP contribution >= 0.6 is 0 Å². The molecule has 0 unspecified atom stereocenters. The van der Waals surface area contributed by atoms with Gasteiger partial charge in [0, 0.05) is 12.5 Å². The minimum Gasteiger partial charge on any atom is -0.467 e. The molecule has 0 aromatic carbocycles. The number of rotatable bonds is 10. The summed E-state index contributed by atoms with van der Waals surface area (Å²) < 4.78 is 9.81. The van der Waals surface area contributed by atoms with E-state index in [0.29, 0.717) is 6.42 Å². The van der Waals surface area contributed by atoms with Gasteiger partial charge in [-0.25, -0.2) is 9.59 Å². The van der Waals surface area contributed by atoms with Crippen LogP contribution in [0.3, 0.4) is 0 Å². The summed E-state index contributed by atoms with van der Waals surface area (Å²) in [5, 5.41) is 14.8. The first-order chi connectivity index (χ1) is 12.0. The molecule has 0 heterocycles. The van der Waals surface area contributed by atoms with Gasteiger partial charge in [-0.2, -0.15) is 0 Å². The van der Waals surface area contributed by atoms with Gasteiger partial charge >= 0.3 is 12.1 Å². The highest BCUT2D eigenvalue weighted by atomic mass is 16.6. The van der Waals surface area contributed by atoms with Crippen molar-refractivity contribution in [2.45, 2.75) is 90.5 Å². The van der Waals surface area contributed by atoms with E-state index in [1.54, 1.807) is 20.8 Å². The highest BCUT2D eigenvalue weighted by Crippen LogP contribution is 2.11. The lowest BCUT2D eigenvalue weighted by Gasteiger charge is -2.24. The number of ether oxygens (including phenoxy) is 2. The average molecular weight is 374 g/mol. The van der Waals surface area contributed by atoms with Crippen LogP contribution in [0.25, 0.3) is 0 Å². The highest BCUT2D eigenvalue weighted by molar-refractivity contribution is 5.85. The lowest BCUT2D eigenvalue weighted by Crippen LogP contribution is -2.50. The molecule has 3 atom stereocenters. The molecule has 0 aromatic heterocycles. The minimum absolute atomic E-state index is 0.0246. The van der Waals surface area contributed by atoms with Gasteiger partial charge in [-0.15, -0.1) is 0 Å². The van der Waals surface area contributed by atoms with Crippen LogP contribution in [0.1, 0.15) is 66.7 Å². The number of hydrogen-bond acceptors (Lipinski definition) is 6. The first-order valence-electron chi connectivity index (χ1n) is 9.05. The summed E-state index contributed by atoms with van der Waals surface area (Å²) in [6, 6.07) is -1.57. The van der Waals surface area contributed by atoms with Crippen LogP contribution in [-0.4, -0.2) is 54.0 Å². The number of alkyl carbamates (subject to hydrolysis) is 1. The first-order valence-corrected chi connectivity index (χ1v) is 9.05. The van der Waals surface area contributed by atoms with Gasteiger partial charge in [0.1, 0.15) is 5.60 Å². The van der Waals surface area contributed by atoms with Crippen LogP contribution in [0.5, 0.6) is 0 Å². The number of carbonyl (C=O) groups is 3. The molecule has 0 saturated heterocycles. The molecule has 2 amide bonds. The third-order valence-electron chi connectivity index (χ3n) is 3.56. The van der Waals surface area contributed by atoms with Crippen LogP contribution in [-0.2, 0) is 19.1 Å². The molecule has 0 rings (SSSR count). The molecule has 0 bridgehead atoms. The SMILES string of the molecule is CCCCC[C@@H](CC(=O)N[C@H](C(=O)OC)[C@@H](C)O)NC(=O)OC(C)(C)C. The van der Waals surface area contributed by atoms with Gasteiger partial charge in [0.15, 0.2) is 6.04 Å². The van der Waals surface area contributed by atoms with Crippen molar-refractivity contribution in [2.75, 3.05) is 7.11 Å². The van der Waals surface area contributed by atoms with E-state index in [2.05, 4.69) is 22.3 Å². The van der Waals surface area contributed by atoms with E-state index in [0.717, 1.165) is 19.3 Å². The Morgan fingerprint density at radius 3 is 2.19 bits per heavy atom. The lowest BCUT2D eigenvalue weighted by atomic mass is 10.0. The molecule has 0 aromatic rings. The van der Waals surface area contributed by atoms with Crippen LogP contribution < -0.4 is 10.6 Å². The van der Waals surface area contributed by atoms with Crippen molar-refractivity contribution >= 4 is 18.0 Å². The Hall–Kier alpha value is -1.83. The fourth-order valence-electron chi connectivity index (χ4n) is 2.30. The molecule has 26 heavy (non-hydrogen) atoms. The van der Waals surface area contributed by atoms with Crippen LogP contribution in [0.2, 0.25) is 0 Å². The van der Waals surface area contributed by atoms with Gasteiger partial charge in [-0.05, 0) is 34.1 Å². The van der Waals surface area contributed by atoms with E-state index >= 15 is 0 Å². The van der Waals surface area contributed by atoms with Gasteiger partial charge in [0.2, 0.25) is 5.91 Å². The lowest BCUT2D eigenvalue weighted by molar-refractivity contribution is -0.148. The summed E-state index contributed by atoms with van der Waals surface area (Å²) >= 11 is 0. The van der Waals surface area contributed by atoms with Gasteiger partial charge in [0.05, 0.1) is 13.2 Å². The fraction of sp³-hybridized carbons (Fsp3) is 0.833. The Morgan fingerprint density at radius 1 is 1.12 bits per heavy atom. The van der Waals surface area contributed by atoms with Crippen molar-refractivity contribution in [1.82, 2.24) is 10.6 Å². The van der Waals surface area contributed by atoms with Crippen molar-refractivity contribution in [3.63, 3.8) is 0 Å². The number of aliphatic hydroxyl groups excluding tert-OH is 1. The largest absolute Gasteiger partial charge is 0.467 e. The molecule has 0 aliphatic heterocycles. The third-order valence-corrected chi connectivity index (χ3v) is 3.56. The number of amides is 2. The number of nitrogens with one attached hydrogen (secondary N) is 2. The second kappa shape index (κ2) is 11.7. The van der Waals surface area contributed by atoms with Gasteiger partial charge in [-0.3, -0.25) is 4.79 Å². The number of methoxy groups -OCH3 is 1. The number of carbonyl (C=O) groups excluding carboxylic acids is 3. The van der Waals surface area contributed by atoms with E-state index in [4.69, 9.17) is 4.74 Å². The predicted molar refractivity (Wildman–Crippen MR) is 97.5 cm³/mol. The molecule has 152 valence electrons. The zero-order valence-corrected chi connectivity index (χ0v) is 16.8. The van der Waals surface area contributed by atoms with Gasteiger partial charge < -0.3 is 25.2 Å². The standard InChI is InChI=1S/C18H34N2O6/c1-7-8-9-10-13(19-17(24)26-18(3,4)5)11-14(22)20-15(12(2)21)16(23)25-6/h12-13,15,21H,7-11H2,1-6H3,(H,19,24)(H,20,22)/t12-,13+,15+/m1/s1. The third kappa shape index (κ3) is 10.9. The molecule has 0 fully saturated rings. The summed E-state index contributed by atoms with van der Waals surface area (Å²) in [6.07, 6.45) is 1.74. The zero-order chi connectivity index (χ0) is 20.3. The number of esters is 1. The fourth-order valence-corrected chi connectivity index (χ4v) is 2.30. The Balaban J connectivity index is 4.84. The monoisotopic (exact) mass is 374 g/mol. The molecular weight excluding hydrogens is 340 g/mol. The van der Waals surface area contributed by atoms with Crippen molar-refractivity contribution < 1.29 is 29.0 Å². The Morgan fingerprint density at radius 2 is 1.73 bits per heavy atom. The molecular formula is C18H34N2O6. The van der Waals surface area contributed by atoms with Gasteiger partial charge in [0.25, 0.3) is 0 Å². The Bertz CT molecular complexity index is 459. The highest BCUT2D eigenvalue weighted by Gasteiger charge is 2.28. The van der Waals surface area contributed by atoms with Crippen LogP contribution in [0.4, 0.5) is 4.79 Å². The Kier molecular flexibility index (Phi) is 10.9. The second-order valence-corrected chi connectivity index (χ2v) is 7.35. The van der Waals surface area contributed by atoms with E-state index in [-0.39, 0.29) is 6.42 Å². The maximum absolute atomic E-state index is 12.3. The van der Waals surface area contributed by atoms with E-state index < -0.39 is 41.8 Å². The second-order valence-electron chi connectivity index (χ2n) is 7.35. The smallest absolute Gasteiger partial charge is 0.407 e. The molecule has 8 nitrogen and oxygen atoms in total. The summed E-state index contributed by atoms with van der Waals surface area (Å²) in [7, 11) is 1.18. The molecule has 0 aliphatic rings. The summed E-state index contributed by atoms with van der Waals surface area (Å²) in [6.45, 7) is 8.73. The van der Waals surface area contributed by atoms with Crippen molar-refractivity contribution in [1.29, 1.82) is 0 Å². The van der Waals surface area contributed by atoms with Crippen LogP contribution in [0.15, 0.2) is 0 Å². The predicted octanol–water partition coefficient (Wildman–Crippen LogP) is 1.89. The van der Waals surface area contributed by atoms with Gasteiger partial charge in [-0.1, -0.05) is 26.2 Å². The van der Waals surface area contributed by atoms with E-state index in [1.165, 1.54) is 14.0 Å². The number of aliphatic hydroxyl groups is 1. The molecule has 8 heteroatoms. The maximum atomic E-state index is 12.3.